The van der Waals surface area contributed by atoms with Crippen LogP contribution in [0.15, 0.2) is 53.7 Å². The van der Waals surface area contributed by atoms with Crippen LogP contribution in [-0.2, 0) is 4.79 Å². The van der Waals surface area contributed by atoms with Crippen LogP contribution in [0.1, 0.15) is 17.3 Å². The Morgan fingerprint density at radius 1 is 1.23 bits per heavy atom. The second-order valence-electron chi connectivity index (χ2n) is 4.56. The van der Waals surface area contributed by atoms with Crippen LogP contribution < -0.4 is 15.8 Å². The monoisotopic (exact) mass is 317 g/mol. The van der Waals surface area contributed by atoms with Crippen LogP contribution in [0.4, 0.5) is 5.69 Å². The van der Waals surface area contributed by atoms with Crippen LogP contribution in [-0.4, -0.2) is 17.1 Å². The summed E-state index contributed by atoms with van der Waals surface area (Å²) in [7, 11) is 0. The molecular formula is C15H15N3O3S. The van der Waals surface area contributed by atoms with E-state index in [4.69, 9.17) is 5.73 Å². The Balaban J connectivity index is 1.99. The molecule has 2 rings (SSSR count). The van der Waals surface area contributed by atoms with E-state index in [1.807, 2.05) is 0 Å². The zero-order valence-electron chi connectivity index (χ0n) is 11.9. The van der Waals surface area contributed by atoms with Gasteiger partial charge in [0.2, 0.25) is 11.8 Å². The van der Waals surface area contributed by atoms with E-state index < -0.39 is 11.2 Å². The summed E-state index contributed by atoms with van der Waals surface area (Å²) in [6.45, 7) is 1.71. The van der Waals surface area contributed by atoms with E-state index >= 15 is 0 Å². The third kappa shape index (κ3) is 3.98. The van der Waals surface area contributed by atoms with Crippen molar-refractivity contribution < 1.29 is 14.3 Å². The molecule has 1 atom stereocenters. The maximum Gasteiger partial charge on any atom is 0.252 e. The summed E-state index contributed by atoms with van der Waals surface area (Å²) >= 11 is 1.17. The molecule has 0 aliphatic carbocycles. The van der Waals surface area contributed by atoms with Crippen LogP contribution in [0.2, 0.25) is 0 Å². The number of rotatable bonds is 5. The van der Waals surface area contributed by atoms with Gasteiger partial charge in [-0.3, -0.25) is 9.59 Å². The SMILES string of the molecule is C[C@@H](Sc1cccc[n+]1[O-])C(=O)Nc1ccc(C(N)=O)cc1. The predicted molar refractivity (Wildman–Crippen MR) is 84.3 cm³/mol. The fourth-order valence-electron chi connectivity index (χ4n) is 1.70. The third-order valence-electron chi connectivity index (χ3n) is 2.89. The van der Waals surface area contributed by atoms with Crippen molar-refractivity contribution >= 4 is 29.3 Å². The molecule has 0 unspecified atom stereocenters. The van der Waals surface area contributed by atoms with Crippen LogP contribution in [0.25, 0.3) is 0 Å². The summed E-state index contributed by atoms with van der Waals surface area (Å²) in [5, 5.41) is 14.3. The van der Waals surface area contributed by atoms with Gasteiger partial charge in [0.05, 0.1) is 5.25 Å². The van der Waals surface area contributed by atoms with E-state index in [0.717, 1.165) is 4.73 Å². The highest BCUT2D eigenvalue weighted by molar-refractivity contribution is 8.00. The number of aromatic nitrogens is 1. The normalized spacial score (nSPS) is 11.7. The highest BCUT2D eigenvalue weighted by Crippen LogP contribution is 2.21. The molecule has 114 valence electrons. The Bertz CT molecular complexity index is 689. The van der Waals surface area contributed by atoms with E-state index in [0.29, 0.717) is 16.3 Å². The smallest absolute Gasteiger partial charge is 0.252 e. The Morgan fingerprint density at radius 2 is 1.91 bits per heavy atom. The second-order valence-corrected chi connectivity index (χ2v) is 5.92. The number of nitrogens with one attached hydrogen (secondary N) is 1. The average molecular weight is 317 g/mol. The minimum absolute atomic E-state index is 0.235. The summed E-state index contributed by atoms with van der Waals surface area (Å²) in [6, 6.07) is 11.3. The largest absolute Gasteiger partial charge is 0.618 e. The number of thioether (sulfide) groups is 1. The summed E-state index contributed by atoms with van der Waals surface area (Å²) in [4.78, 5) is 23.1. The number of amides is 2. The quantitative estimate of drug-likeness (QED) is 0.496. The summed E-state index contributed by atoms with van der Waals surface area (Å²) in [5.74, 6) is -0.758. The van der Waals surface area contributed by atoms with Crippen molar-refractivity contribution in [1.29, 1.82) is 0 Å². The first-order valence-electron chi connectivity index (χ1n) is 6.53. The summed E-state index contributed by atoms with van der Waals surface area (Å²) in [5.41, 5.74) is 6.08. The van der Waals surface area contributed by atoms with Gasteiger partial charge in [-0.25, -0.2) is 0 Å². The molecule has 2 aromatic rings. The lowest BCUT2D eigenvalue weighted by atomic mass is 10.2. The molecule has 0 radical (unpaired) electrons. The fourth-order valence-corrected chi connectivity index (χ4v) is 2.55. The van der Waals surface area contributed by atoms with Crippen molar-refractivity contribution in [1.82, 2.24) is 0 Å². The molecule has 3 N–H and O–H groups in total. The third-order valence-corrected chi connectivity index (χ3v) is 4.02. The van der Waals surface area contributed by atoms with Crippen molar-refractivity contribution in [2.75, 3.05) is 5.32 Å². The first kappa shape index (κ1) is 15.8. The minimum Gasteiger partial charge on any atom is -0.618 e. The molecule has 6 nitrogen and oxygen atoms in total. The van der Waals surface area contributed by atoms with Gasteiger partial charge in [0.1, 0.15) is 0 Å². The average Bonchev–Trinajstić information content (AvgIpc) is 2.50. The minimum atomic E-state index is -0.522. The molecule has 0 saturated carbocycles. The number of anilines is 1. The zero-order valence-corrected chi connectivity index (χ0v) is 12.7. The van der Waals surface area contributed by atoms with Gasteiger partial charge in [0, 0.05) is 23.4 Å². The van der Waals surface area contributed by atoms with Gasteiger partial charge in [0.25, 0.3) is 5.03 Å². The standard InChI is InChI=1S/C15H15N3O3S/c1-10(22-13-4-2-3-9-18(13)21)15(20)17-12-7-5-11(6-8-12)14(16)19/h2-10H,1H3,(H2,16,19)(H,17,20)/t10-/m1/s1. The highest BCUT2D eigenvalue weighted by atomic mass is 32.2. The molecule has 0 aliphatic heterocycles. The fraction of sp³-hybridized carbons (Fsp3) is 0.133. The first-order chi connectivity index (χ1) is 10.5. The van der Waals surface area contributed by atoms with E-state index in [2.05, 4.69) is 5.32 Å². The van der Waals surface area contributed by atoms with Crippen LogP contribution >= 0.6 is 11.8 Å². The molecule has 0 spiro atoms. The number of nitrogens with two attached hydrogens (primary N) is 1. The van der Waals surface area contributed by atoms with Gasteiger partial charge < -0.3 is 16.3 Å². The number of carbonyl (C=O) groups is 2. The lowest BCUT2D eigenvalue weighted by Gasteiger charge is -2.11. The van der Waals surface area contributed by atoms with Crippen molar-refractivity contribution in [3.05, 3.63) is 59.4 Å². The zero-order chi connectivity index (χ0) is 16.1. The van der Waals surface area contributed by atoms with Crippen molar-refractivity contribution in [2.24, 2.45) is 5.73 Å². The lowest BCUT2D eigenvalue weighted by Crippen LogP contribution is -2.30. The van der Waals surface area contributed by atoms with Crippen molar-refractivity contribution in [2.45, 2.75) is 17.2 Å². The predicted octanol–water partition coefficient (Wildman–Crippen LogP) is 1.54. The molecule has 0 saturated heterocycles. The number of primary amides is 1. The first-order valence-corrected chi connectivity index (χ1v) is 7.41. The highest BCUT2D eigenvalue weighted by Gasteiger charge is 2.18. The molecule has 22 heavy (non-hydrogen) atoms. The molecular weight excluding hydrogens is 302 g/mol. The number of benzene rings is 1. The number of nitrogens with zero attached hydrogens (tertiary/aromatic N) is 1. The van der Waals surface area contributed by atoms with Crippen molar-refractivity contribution in [3.8, 4) is 0 Å². The van der Waals surface area contributed by atoms with Crippen LogP contribution in [0.5, 0.6) is 0 Å². The molecule has 0 bridgehead atoms. The van der Waals surface area contributed by atoms with Crippen molar-refractivity contribution in [3.63, 3.8) is 0 Å². The Morgan fingerprint density at radius 3 is 2.50 bits per heavy atom. The molecule has 7 heteroatoms. The molecule has 1 aromatic carbocycles. The van der Waals surface area contributed by atoms with Gasteiger partial charge >= 0.3 is 0 Å². The maximum atomic E-state index is 12.1. The molecule has 0 fully saturated rings. The van der Waals surface area contributed by atoms with E-state index in [1.165, 1.54) is 18.0 Å². The van der Waals surface area contributed by atoms with Gasteiger partial charge in [0.15, 0.2) is 6.20 Å². The van der Waals surface area contributed by atoms with Gasteiger partial charge in [-0.05, 0) is 49.0 Å². The number of carbonyl (C=O) groups excluding carboxylic acids is 2. The summed E-state index contributed by atoms with van der Waals surface area (Å²) in [6.07, 6.45) is 1.38. The Labute approximate surface area is 131 Å². The van der Waals surface area contributed by atoms with Gasteiger partial charge in [-0.1, -0.05) is 0 Å². The lowest BCUT2D eigenvalue weighted by molar-refractivity contribution is -0.645. The second kappa shape index (κ2) is 6.95. The molecule has 1 heterocycles. The Kier molecular flexibility index (Phi) is 5.00. The topological polar surface area (TPSA) is 99.1 Å². The van der Waals surface area contributed by atoms with E-state index in [1.54, 1.807) is 49.4 Å². The van der Waals surface area contributed by atoms with Gasteiger partial charge in [-0.2, -0.15) is 4.73 Å². The maximum absolute atomic E-state index is 12.1. The van der Waals surface area contributed by atoms with E-state index in [-0.39, 0.29) is 5.91 Å². The van der Waals surface area contributed by atoms with Gasteiger partial charge in [-0.15, -0.1) is 0 Å². The number of hydrogen-bond acceptors (Lipinski definition) is 4. The molecule has 2 amide bonds. The molecule has 1 aromatic heterocycles. The van der Waals surface area contributed by atoms with E-state index in [9.17, 15) is 14.8 Å². The number of pyridine rings is 1. The Hall–Kier alpha value is -2.54. The summed E-state index contributed by atoms with van der Waals surface area (Å²) < 4.78 is 0.718. The van der Waals surface area contributed by atoms with Crippen LogP contribution in [0, 0.1) is 5.21 Å². The number of hydrogen-bond donors (Lipinski definition) is 2. The molecule has 0 aliphatic rings. The van der Waals surface area contributed by atoms with Crippen LogP contribution in [0.3, 0.4) is 0 Å².